The Morgan fingerprint density at radius 2 is 1.67 bits per heavy atom. The zero-order valence-electron chi connectivity index (χ0n) is 18.5. The van der Waals surface area contributed by atoms with Crippen molar-refractivity contribution in [3.05, 3.63) is 51.7 Å². The smallest absolute Gasteiger partial charge is 0.309 e. The van der Waals surface area contributed by atoms with Gasteiger partial charge in [0.2, 0.25) is 0 Å². The summed E-state index contributed by atoms with van der Waals surface area (Å²) in [4.78, 5) is 14.2. The number of benzene rings is 1. The Morgan fingerprint density at radius 3 is 2.23 bits per heavy atom. The molecule has 1 aromatic heterocycles. The van der Waals surface area contributed by atoms with E-state index in [1.165, 1.54) is 9.75 Å². The number of ether oxygens (including phenoxy) is 1. The van der Waals surface area contributed by atoms with E-state index >= 15 is 0 Å². The molecule has 2 heterocycles. The van der Waals surface area contributed by atoms with Crippen LogP contribution in [0.4, 0.5) is 4.39 Å². The van der Waals surface area contributed by atoms with Crippen molar-refractivity contribution in [2.75, 3.05) is 0 Å². The Bertz CT molecular complexity index is 932. The lowest BCUT2D eigenvalue weighted by Crippen LogP contribution is -2.42. The molecule has 30 heavy (non-hydrogen) atoms. The topological polar surface area (TPSA) is 46.5 Å². The zero-order valence-corrected chi connectivity index (χ0v) is 19.3. The number of aliphatic hydroxyl groups is 1. The van der Waals surface area contributed by atoms with Gasteiger partial charge in [-0.3, -0.25) is 4.79 Å². The first-order valence-corrected chi connectivity index (χ1v) is 11.1. The van der Waals surface area contributed by atoms with Gasteiger partial charge in [0.25, 0.3) is 0 Å². The van der Waals surface area contributed by atoms with Crippen LogP contribution in [0.25, 0.3) is 17.2 Å². The molecule has 3 nitrogen and oxygen atoms in total. The zero-order chi connectivity index (χ0) is 22.3. The van der Waals surface area contributed by atoms with Crippen LogP contribution in [-0.4, -0.2) is 29.5 Å². The summed E-state index contributed by atoms with van der Waals surface area (Å²) in [7, 11) is 0. The maximum atomic E-state index is 14.5. The van der Waals surface area contributed by atoms with E-state index in [0.29, 0.717) is 0 Å². The van der Waals surface area contributed by atoms with Gasteiger partial charge in [0.15, 0.2) is 12.3 Å². The van der Waals surface area contributed by atoms with Crippen molar-refractivity contribution in [3.63, 3.8) is 0 Å². The number of halogens is 1. The van der Waals surface area contributed by atoms with Crippen LogP contribution in [0.2, 0.25) is 0 Å². The summed E-state index contributed by atoms with van der Waals surface area (Å²) in [5.41, 5.74) is 3.07. The third kappa shape index (κ3) is 4.68. The third-order valence-electron chi connectivity index (χ3n) is 5.15. The van der Waals surface area contributed by atoms with E-state index < -0.39 is 24.3 Å². The number of carbonyl (C=O) groups is 1. The molecule has 0 radical (unpaired) electrons. The van der Waals surface area contributed by atoms with Crippen molar-refractivity contribution in [3.8, 4) is 11.1 Å². The molecule has 2 aromatic rings. The van der Waals surface area contributed by atoms with Gasteiger partial charge in [-0.05, 0) is 28.0 Å². The minimum atomic E-state index is -1.63. The van der Waals surface area contributed by atoms with Crippen LogP contribution >= 0.6 is 11.3 Å². The monoisotopic (exact) mass is 430 g/mol. The molecule has 0 saturated carbocycles. The fourth-order valence-electron chi connectivity index (χ4n) is 3.68. The third-order valence-corrected chi connectivity index (χ3v) is 7.20. The van der Waals surface area contributed by atoms with E-state index in [0.717, 1.165) is 16.7 Å². The second kappa shape index (κ2) is 8.27. The summed E-state index contributed by atoms with van der Waals surface area (Å²) in [6, 6.07) is 10.2. The largest absolute Gasteiger partial charge is 0.455 e. The fourth-order valence-corrected chi connectivity index (χ4v) is 5.11. The lowest BCUT2D eigenvalue weighted by atomic mass is 9.84. The summed E-state index contributed by atoms with van der Waals surface area (Å²) in [6.45, 7) is 13.1. The molecule has 0 amide bonds. The summed E-state index contributed by atoms with van der Waals surface area (Å²) in [5.74, 6) is -0.578. The van der Waals surface area contributed by atoms with Gasteiger partial charge in [-0.1, -0.05) is 78.0 Å². The number of thiophene rings is 1. The van der Waals surface area contributed by atoms with Crippen molar-refractivity contribution in [1.82, 2.24) is 0 Å². The number of rotatable bonds is 3. The molecule has 1 N–H and O–H groups in total. The molecule has 0 bridgehead atoms. The quantitative estimate of drug-likeness (QED) is 0.604. The molecule has 0 spiro atoms. The van der Waals surface area contributed by atoms with Crippen LogP contribution in [0, 0.1) is 0 Å². The molecular weight excluding hydrogens is 399 g/mol. The Labute approximate surface area is 182 Å². The van der Waals surface area contributed by atoms with Gasteiger partial charge in [0.1, 0.15) is 0 Å². The molecule has 1 aromatic carbocycles. The van der Waals surface area contributed by atoms with E-state index in [1.807, 2.05) is 24.3 Å². The van der Waals surface area contributed by atoms with Gasteiger partial charge in [-0.25, -0.2) is 4.39 Å². The van der Waals surface area contributed by atoms with Gasteiger partial charge in [-0.2, -0.15) is 0 Å². The Kier molecular flexibility index (Phi) is 6.26. The van der Waals surface area contributed by atoms with E-state index in [1.54, 1.807) is 17.4 Å². The molecule has 1 saturated heterocycles. The van der Waals surface area contributed by atoms with Gasteiger partial charge >= 0.3 is 5.97 Å². The predicted octanol–water partition coefficient (Wildman–Crippen LogP) is 6.04. The van der Waals surface area contributed by atoms with Crippen LogP contribution in [-0.2, 0) is 20.4 Å². The summed E-state index contributed by atoms with van der Waals surface area (Å²) < 4.78 is 19.7. The molecule has 3 atom stereocenters. The molecule has 1 aliphatic heterocycles. The first-order chi connectivity index (χ1) is 13.9. The van der Waals surface area contributed by atoms with Crippen LogP contribution in [0.1, 0.15) is 63.3 Å². The predicted molar refractivity (Wildman–Crippen MR) is 122 cm³/mol. The van der Waals surface area contributed by atoms with E-state index in [2.05, 4.69) is 53.7 Å². The van der Waals surface area contributed by atoms with Gasteiger partial charge in [0.05, 0.1) is 12.5 Å². The highest BCUT2D eigenvalue weighted by molar-refractivity contribution is 7.13. The molecular formula is C25H31FO3S. The first-order valence-electron chi connectivity index (χ1n) is 10.3. The van der Waals surface area contributed by atoms with Crippen LogP contribution < -0.4 is 0 Å². The van der Waals surface area contributed by atoms with E-state index in [9.17, 15) is 14.3 Å². The average Bonchev–Trinajstić information content (AvgIpc) is 3.04. The second-order valence-electron chi connectivity index (χ2n) is 9.94. The molecule has 1 fully saturated rings. The molecule has 162 valence electrons. The molecule has 0 aliphatic carbocycles. The standard InChI is InChI=1S/C25H31FO3S/c1-24(2,3)22-16(12-13-18-21(26)17(27)14-19(28)29-18)20(15-10-8-7-9-11-15)23(30-22)25(4,5)6/h7-13,17-18,21,27H,14H2,1-6H3/b13-12+/t17-,18+,21+/m0/s1. The number of hydrogen-bond donors (Lipinski definition) is 1. The summed E-state index contributed by atoms with van der Waals surface area (Å²) >= 11 is 1.78. The minimum Gasteiger partial charge on any atom is -0.455 e. The SMILES string of the molecule is CC(C)(C)c1sc(C(C)(C)C)c(-c2ccccc2)c1/C=C/[C@H]1OC(=O)C[C@H](O)[C@H]1F. The summed E-state index contributed by atoms with van der Waals surface area (Å²) in [6.07, 6.45) is -0.892. The first kappa shape index (κ1) is 22.7. The Balaban J connectivity index is 2.19. The normalized spacial score (nSPS) is 23.1. The molecule has 5 heteroatoms. The number of alkyl halides is 1. The fraction of sp³-hybridized carbons (Fsp3) is 0.480. The minimum absolute atomic E-state index is 0.0714. The lowest BCUT2D eigenvalue weighted by Gasteiger charge is -2.27. The highest BCUT2D eigenvalue weighted by Crippen LogP contribution is 2.47. The van der Waals surface area contributed by atoms with Crippen LogP contribution in [0.3, 0.4) is 0 Å². The maximum absolute atomic E-state index is 14.5. The lowest BCUT2D eigenvalue weighted by molar-refractivity contribution is -0.164. The van der Waals surface area contributed by atoms with Gasteiger partial charge in [-0.15, -0.1) is 11.3 Å². The molecule has 0 unspecified atom stereocenters. The molecule has 1 aliphatic rings. The van der Waals surface area contributed by atoms with Crippen molar-refractivity contribution >= 4 is 23.4 Å². The van der Waals surface area contributed by atoms with Crippen molar-refractivity contribution in [2.45, 2.75) is 77.2 Å². The number of carbonyl (C=O) groups excluding carboxylic acids is 1. The van der Waals surface area contributed by atoms with Crippen LogP contribution in [0.15, 0.2) is 36.4 Å². The number of esters is 1. The number of hydrogen-bond acceptors (Lipinski definition) is 4. The van der Waals surface area contributed by atoms with Crippen molar-refractivity contribution in [2.24, 2.45) is 0 Å². The second-order valence-corrected chi connectivity index (χ2v) is 11.0. The van der Waals surface area contributed by atoms with Gasteiger partial charge < -0.3 is 9.84 Å². The van der Waals surface area contributed by atoms with Crippen molar-refractivity contribution < 1.29 is 19.0 Å². The maximum Gasteiger partial charge on any atom is 0.309 e. The van der Waals surface area contributed by atoms with Crippen molar-refractivity contribution in [1.29, 1.82) is 0 Å². The number of cyclic esters (lactones) is 1. The van der Waals surface area contributed by atoms with Gasteiger partial charge in [0, 0.05) is 15.3 Å². The Hall–Kier alpha value is -1.98. The Morgan fingerprint density at radius 1 is 1.07 bits per heavy atom. The number of aliphatic hydroxyl groups excluding tert-OH is 1. The average molecular weight is 431 g/mol. The summed E-state index contributed by atoms with van der Waals surface area (Å²) in [5, 5.41) is 9.84. The van der Waals surface area contributed by atoms with Crippen LogP contribution in [0.5, 0.6) is 0 Å². The molecule has 3 rings (SSSR count). The van der Waals surface area contributed by atoms with E-state index in [4.69, 9.17) is 4.74 Å². The highest BCUT2D eigenvalue weighted by atomic mass is 32.1. The van der Waals surface area contributed by atoms with E-state index in [-0.39, 0.29) is 17.3 Å². The highest BCUT2D eigenvalue weighted by Gasteiger charge is 2.37.